The second-order valence-electron chi connectivity index (χ2n) is 10.1. The van der Waals surface area contributed by atoms with E-state index in [-0.39, 0.29) is 11.5 Å². The number of piperazine rings is 1. The van der Waals surface area contributed by atoms with E-state index in [1.54, 1.807) is 24.7 Å². The maximum atomic E-state index is 15.2. The van der Waals surface area contributed by atoms with Gasteiger partial charge in [0.05, 0.1) is 25.3 Å². The van der Waals surface area contributed by atoms with Gasteiger partial charge >= 0.3 is 0 Å². The Morgan fingerprint density at radius 2 is 1.66 bits per heavy atom. The van der Waals surface area contributed by atoms with E-state index in [0.29, 0.717) is 73.3 Å². The number of benzene rings is 1. The number of nitrogens with zero attached hydrogens (tertiary/aromatic N) is 8. The van der Waals surface area contributed by atoms with Crippen LogP contribution in [0.5, 0.6) is 0 Å². The first-order valence-corrected chi connectivity index (χ1v) is 13.7. The summed E-state index contributed by atoms with van der Waals surface area (Å²) in [5.41, 5.74) is 7.33. The van der Waals surface area contributed by atoms with E-state index >= 15 is 8.78 Å². The number of likely N-dealkylation sites (N-methyl/N-ethyl adjacent to an activating group) is 1. The van der Waals surface area contributed by atoms with Gasteiger partial charge in [-0.2, -0.15) is 4.98 Å². The Kier molecular flexibility index (Phi) is 7.45. The Morgan fingerprint density at radius 1 is 0.976 bits per heavy atom. The highest BCUT2D eigenvalue weighted by molar-refractivity contribution is 5.98. The largest absolute Gasteiger partial charge is 0.378 e. The average Bonchev–Trinajstić information content (AvgIpc) is 3.43. The lowest BCUT2D eigenvalue weighted by atomic mass is 10.1. The van der Waals surface area contributed by atoms with Crippen molar-refractivity contribution in [2.24, 2.45) is 0 Å². The maximum absolute atomic E-state index is 15.2. The smallest absolute Gasteiger partial charge is 0.236 e. The predicted octanol–water partition coefficient (Wildman–Crippen LogP) is 2.61. The topological polar surface area (TPSA) is 119 Å². The molecule has 2 aliphatic rings. The molecule has 4 aromatic rings. The molecular weight excluding hydrogens is 532 g/mol. The van der Waals surface area contributed by atoms with Crippen LogP contribution in [0.25, 0.3) is 22.3 Å². The van der Waals surface area contributed by atoms with Crippen LogP contribution < -0.4 is 15.5 Å². The van der Waals surface area contributed by atoms with E-state index < -0.39 is 24.0 Å². The van der Waals surface area contributed by atoms with Gasteiger partial charge in [-0.1, -0.05) is 6.92 Å². The first kappa shape index (κ1) is 27.0. The zero-order valence-corrected chi connectivity index (χ0v) is 22.8. The monoisotopic (exact) mass is 563 g/mol. The lowest BCUT2D eigenvalue weighted by Crippen LogP contribution is -2.46. The summed E-state index contributed by atoms with van der Waals surface area (Å²) in [7, 11) is 0. The molecule has 214 valence electrons. The normalized spacial score (nSPS) is 16.5. The summed E-state index contributed by atoms with van der Waals surface area (Å²) in [6.07, 6.45) is 4.19. The number of hydrogen-bond acceptors (Lipinski definition) is 10. The number of nitrogens with two attached hydrogens (primary N) is 1. The third-order valence-electron chi connectivity index (χ3n) is 7.68. The summed E-state index contributed by atoms with van der Waals surface area (Å²) in [5.74, 6) is -1.48. The minimum atomic E-state index is -0.744. The summed E-state index contributed by atoms with van der Waals surface area (Å²) >= 11 is 0. The van der Waals surface area contributed by atoms with Crippen LogP contribution in [0.1, 0.15) is 17.3 Å². The number of halogens is 2. The Morgan fingerprint density at radius 3 is 2.32 bits per heavy atom. The van der Waals surface area contributed by atoms with Crippen LogP contribution in [-0.2, 0) is 11.2 Å². The molecule has 3 aromatic heterocycles. The van der Waals surface area contributed by atoms with Crippen molar-refractivity contribution in [1.82, 2.24) is 29.4 Å². The van der Waals surface area contributed by atoms with Gasteiger partial charge in [-0.25, -0.2) is 23.7 Å². The molecule has 41 heavy (non-hydrogen) atoms. The molecular formula is C28H31F2N9O2. The molecule has 0 atom stereocenters. The second-order valence-corrected chi connectivity index (χ2v) is 10.1. The number of morpholine rings is 1. The number of anilines is 3. The third-order valence-corrected chi connectivity index (χ3v) is 7.68. The van der Waals surface area contributed by atoms with Gasteiger partial charge in [0.2, 0.25) is 17.8 Å². The van der Waals surface area contributed by atoms with Crippen LogP contribution in [0.2, 0.25) is 0 Å². The predicted molar refractivity (Wildman–Crippen MR) is 151 cm³/mol. The van der Waals surface area contributed by atoms with Gasteiger partial charge in [0, 0.05) is 80.1 Å². The van der Waals surface area contributed by atoms with Crippen LogP contribution in [0, 0.1) is 11.6 Å². The lowest BCUT2D eigenvalue weighted by molar-refractivity contribution is 0.0916. The summed E-state index contributed by atoms with van der Waals surface area (Å²) in [4.78, 5) is 37.3. The number of fused-ring (bicyclic) bond motifs is 1. The minimum Gasteiger partial charge on any atom is -0.378 e. The Hall–Kier alpha value is -4.23. The van der Waals surface area contributed by atoms with Crippen molar-refractivity contribution in [2.75, 3.05) is 74.6 Å². The fourth-order valence-electron chi connectivity index (χ4n) is 5.29. The molecule has 0 aliphatic carbocycles. The molecule has 0 amide bonds. The molecule has 2 N–H and O–H groups in total. The molecule has 0 bridgehead atoms. The van der Waals surface area contributed by atoms with Gasteiger partial charge in [0.15, 0.2) is 5.65 Å². The van der Waals surface area contributed by atoms with Crippen molar-refractivity contribution in [1.29, 1.82) is 0 Å². The van der Waals surface area contributed by atoms with Gasteiger partial charge in [-0.05, 0) is 24.7 Å². The Bertz CT molecular complexity index is 1540. The number of rotatable bonds is 6. The van der Waals surface area contributed by atoms with Crippen molar-refractivity contribution < 1.29 is 18.3 Å². The quantitative estimate of drug-likeness (QED) is 0.375. The standard InChI is InChI=1S/C28H31F2N9O2/c1-2-36-5-7-37(8-6-36)19-13-22(29)21(23(30)14-19)15-24(40)39-4-3-20-25(18-16-32-27(31)33-17-18)34-28(35-26(20)39)38-9-11-41-12-10-38/h3-4,13-14,16-17H,2,5-12,15H2,1H3,(H2,31,32,33). The molecule has 0 saturated carbocycles. The summed E-state index contributed by atoms with van der Waals surface area (Å²) < 4.78 is 37.3. The summed E-state index contributed by atoms with van der Waals surface area (Å²) in [6, 6.07) is 4.34. The highest BCUT2D eigenvalue weighted by atomic mass is 19.1. The molecule has 2 aliphatic heterocycles. The number of ether oxygens (including phenoxy) is 1. The first-order chi connectivity index (χ1) is 19.9. The molecule has 2 saturated heterocycles. The zero-order chi connectivity index (χ0) is 28.5. The number of nitrogen functional groups attached to an aromatic ring is 1. The van der Waals surface area contributed by atoms with Crippen LogP contribution in [0.4, 0.5) is 26.4 Å². The van der Waals surface area contributed by atoms with E-state index in [4.69, 9.17) is 20.4 Å². The molecule has 11 nitrogen and oxygen atoms in total. The molecule has 0 spiro atoms. The zero-order valence-electron chi connectivity index (χ0n) is 22.8. The highest BCUT2D eigenvalue weighted by Gasteiger charge is 2.24. The van der Waals surface area contributed by atoms with Gasteiger partial charge in [0.1, 0.15) is 11.6 Å². The average molecular weight is 564 g/mol. The number of carbonyl (C=O) groups excluding carboxylic acids is 1. The number of hydrogen-bond donors (Lipinski definition) is 1. The number of carbonyl (C=O) groups is 1. The highest BCUT2D eigenvalue weighted by Crippen LogP contribution is 2.30. The lowest BCUT2D eigenvalue weighted by Gasteiger charge is -2.35. The van der Waals surface area contributed by atoms with Crippen molar-refractivity contribution in [3.05, 3.63) is 54.0 Å². The molecule has 0 unspecified atom stereocenters. The molecule has 13 heteroatoms. The Balaban J connectivity index is 1.32. The SMILES string of the molecule is CCN1CCN(c2cc(F)c(CC(=O)n3ccc4c(-c5cnc(N)nc5)nc(N5CCOCC5)nc43)c(F)c2)CC1. The molecule has 5 heterocycles. The van der Waals surface area contributed by atoms with Gasteiger partial charge in [0.25, 0.3) is 0 Å². The van der Waals surface area contributed by atoms with Crippen molar-refractivity contribution in [3.8, 4) is 11.3 Å². The third kappa shape index (κ3) is 5.42. The fourth-order valence-corrected chi connectivity index (χ4v) is 5.29. The van der Waals surface area contributed by atoms with Crippen LogP contribution >= 0.6 is 0 Å². The van der Waals surface area contributed by atoms with E-state index in [1.807, 2.05) is 9.80 Å². The maximum Gasteiger partial charge on any atom is 0.236 e. The Labute approximate surface area is 235 Å². The van der Waals surface area contributed by atoms with Gasteiger partial charge in [-0.15, -0.1) is 0 Å². The molecule has 6 rings (SSSR count). The van der Waals surface area contributed by atoms with Crippen molar-refractivity contribution in [2.45, 2.75) is 13.3 Å². The first-order valence-electron chi connectivity index (χ1n) is 13.7. The van der Waals surface area contributed by atoms with Crippen molar-refractivity contribution in [3.63, 3.8) is 0 Å². The van der Waals surface area contributed by atoms with Crippen LogP contribution in [-0.4, -0.2) is 94.3 Å². The molecule has 1 aromatic carbocycles. The van der Waals surface area contributed by atoms with E-state index in [1.165, 1.54) is 16.7 Å². The van der Waals surface area contributed by atoms with Crippen LogP contribution in [0.15, 0.2) is 36.8 Å². The molecule has 2 fully saturated rings. The summed E-state index contributed by atoms with van der Waals surface area (Å²) in [6.45, 7) is 8.27. The van der Waals surface area contributed by atoms with Crippen LogP contribution in [0.3, 0.4) is 0 Å². The van der Waals surface area contributed by atoms with E-state index in [9.17, 15) is 4.79 Å². The minimum absolute atomic E-state index is 0.124. The van der Waals surface area contributed by atoms with Crippen molar-refractivity contribution >= 4 is 34.5 Å². The second kappa shape index (κ2) is 11.3. The fraction of sp³-hybridized carbons (Fsp3) is 0.393. The van der Waals surface area contributed by atoms with Gasteiger partial charge < -0.3 is 25.2 Å². The van der Waals surface area contributed by atoms with E-state index in [2.05, 4.69) is 21.8 Å². The van der Waals surface area contributed by atoms with E-state index in [0.717, 1.165) is 19.6 Å². The number of aromatic nitrogens is 5. The van der Waals surface area contributed by atoms with Gasteiger partial charge in [-0.3, -0.25) is 9.36 Å². The summed E-state index contributed by atoms with van der Waals surface area (Å²) in [5, 5.41) is 0.575. The molecule has 0 radical (unpaired) electrons.